The predicted octanol–water partition coefficient (Wildman–Crippen LogP) is 3.81. The van der Waals surface area contributed by atoms with E-state index in [-0.39, 0.29) is 16.1 Å². The summed E-state index contributed by atoms with van der Waals surface area (Å²) in [5.74, 6) is 0.697. The van der Waals surface area contributed by atoms with E-state index in [9.17, 15) is 10.1 Å². The van der Waals surface area contributed by atoms with Crippen molar-refractivity contribution in [3.05, 3.63) is 38.3 Å². The van der Waals surface area contributed by atoms with Crippen LogP contribution in [0.3, 0.4) is 0 Å². The van der Waals surface area contributed by atoms with Crippen LogP contribution in [0.25, 0.3) is 0 Å². The molecule has 0 amide bonds. The number of halogens is 1. The molecule has 0 bridgehead atoms. The minimum Gasteiger partial charge on any atom is -0.325 e. The summed E-state index contributed by atoms with van der Waals surface area (Å²) in [5, 5.41) is 10.9. The van der Waals surface area contributed by atoms with E-state index in [2.05, 4.69) is 22.9 Å². The van der Waals surface area contributed by atoms with Gasteiger partial charge in [0.2, 0.25) is 0 Å². The molecule has 2 rings (SSSR count). The third-order valence-corrected chi connectivity index (χ3v) is 5.04. The molecule has 0 aliphatic heterocycles. The van der Waals surface area contributed by atoms with Gasteiger partial charge in [0.25, 0.3) is 5.69 Å². The van der Waals surface area contributed by atoms with Crippen LogP contribution in [0.15, 0.2) is 22.7 Å². The van der Waals surface area contributed by atoms with Crippen LogP contribution in [-0.2, 0) is 6.42 Å². The van der Waals surface area contributed by atoms with Gasteiger partial charge < -0.3 is 5.73 Å². The van der Waals surface area contributed by atoms with Gasteiger partial charge in [-0.3, -0.25) is 10.1 Å². The summed E-state index contributed by atoms with van der Waals surface area (Å²) in [6, 6.07) is 5.17. The van der Waals surface area contributed by atoms with Gasteiger partial charge in [-0.1, -0.05) is 25.5 Å². The van der Waals surface area contributed by atoms with Crippen LogP contribution in [0.2, 0.25) is 0 Å². The number of nitrogens with two attached hydrogens (primary N) is 1. The van der Waals surface area contributed by atoms with Crippen molar-refractivity contribution in [1.82, 2.24) is 0 Å². The fourth-order valence-corrected chi connectivity index (χ4v) is 3.55. The molecule has 2 N–H and O–H groups in total. The van der Waals surface area contributed by atoms with Crippen molar-refractivity contribution in [1.29, 1.82) is 0 Å². The Bertz CT molecular complexity index is 492. The SMILES string of the molecule is CCC1CCC(N)(Cc2cccc([N+](=O)[O-])c2Br)C1. The average molecular weight is 327 g/mol. The van der Waals surface area contributed by atoms with Crippen molar-refractivity contribution in [3.63, 3.8) is 0 Å². The van der Waals surface area contributed by atoms with Gasteiger partial charge in [-0.15, -0.1) is 0 Å². The summed E-state index contributed by atoms with van der Waals surface area (Å²) >= 11 is 3.35. The third kappa shape index (κ3) is 3.15. The number of benzene rings is 1. The molecular weight excluding hydrogens is 308 g/mol. The molecule has 0 heterocycles. The molecule has 1 aromatic rings. The summed E-state index contributed by atoms with van der Waals surface area (Å²) in [7, 11) is 0. The first-order valence-electron chi connectivity index (χ1n) is 6.66. The van der Waals surface area contributed by atoms with Crippen molar-refractivity contribution < 1.29 is 4.92 Å². The zero-order valence-electron chi connectivity index (χ0n) is 11.1. The fourth-order valence-electron chi connectivity index (χ4n) is 3.00. The molecule has 0 saturated heterocycles. The second kappa shape index (κ2) is 5.59. The molecule has 1 aromatic carbocycles. The topological polar surface area (TPSA) is 69.2 Å². The Kier molecular flexibility index (Phi) is 4.26. The maximum Gasteiger partial charge on any atom is 0.283 e. The largest absolute Gasteiger partial charge is 0.325 e. The van der Waals surface area contributed by atoms with Gasteiger partial charge in [0.1, 0.15) is 0 Å². The first-order valence-corrected chi connectivity index (χ1v) is 7.45. The van der Waals surface area contributed by atoms with Crippen LogP contribution in [-0.4, -0.2) is 10.5 Å². The van der Waals surface area contributed by atoms with E-state index in [4.69, 9.17) is 5.73 Å². The molecule has 1 aliphatic rings. The highest BCUT2D eigenvalue weighted by Crippen LogP contribution is 2.39. The van der Waals surface area contributed by atoms with E-state index >= 15 is 0 Å². The predicted molar refractivity (Wildman–Crippen MR) is 79.1 cm³/mol. The standard InChI is InChI=1S/C14H19BrN2O2/c1-2-10-6-7-14(16,8-10)9-11-4-3-5-12(13(11)15)17(18)19/h3-5,10H,2,6-9,16H2,1H3. The normalized spacial score (nSPS) is 26.6. The lowest BCUT2D eigenvalue weighted by Crippen LogP contribution is -2.39. The van der Waals surface area contributed by atoms with Gasteiger partial charge in [-0.2, -0.15) is 0 Å². The Labute approximate surface area is 121 Å². The van der Waals surface area contributed by atoms with Gasteiger partial charge in [-0.05, 0) is 53.1 Å². The second-order valence-electron chi connectivity index (χ2n) is 5.56. The fraction of sp³-hybridized carbons (Fsp3) is 0.571. The molecule has 2 atom stereocenters. The molecule has 1 saturated carbocycles. The Morgan fingerprint density at radius 3 is 2.89 bits per heavy atom. The molecule has 0 radical (unpaired) electrons. The van der Waals surface area contributed by atoms with Gasteiger partial charge in [-0.25, -0.2) is 0 Å². The van der Waals surface area contributed by atoms with Gasteiger partial charge >= 0.3 is 0 Å². The first-order chi connectivity index (χ1) is 8.95. The molecule has 19 heavy (non-hydrogen) atoms. The Hall–Kier alpha value is -0.940. The third-order valence-electron chi connectivity index (χ3n) is 4.12. The Morgan fingerprint density at radius 1 is 1.58 bits per heavy atom. The maximum atomic E-state index is 10.9. The van der Waals surface area contributed by atoms with Crippen molar-refractivity contribution in [2.75, 3.05) is 0 Å². The summed E-state index contributed by atoms with van der Waals surface area (Å²) in [4.78, 5) is 10.6. The molecule has 0 spiro atoms. The van der Waals surface area contributed by atoms with E-state index in [0.29, 0.717) is 16.8 Å². The first kappa shape index (κ1) is 14.5. The maximum absolute atomic E-state index is 10.9. The van der Waals surface area contributed by atoms with Crippen LogP contribution < -0.4 is 5.73 Å². The number of hydrogen-bond acceptors (Lipinski definition) is 3. The lowest BCUT2D eigenvalue weighted by molar-refractivity contribution is -0.385. The zero-order valence-corrected chi connectivity index (χ0v) is 12.6. The summed E-state index contributed by atoms with van der Waals surface area (Å²) in [6.45, 7) is 2.19. The van der Waals surface area contributed by atoms with Crippen LogP contribution in [0.1, 0.15) is 38.2 Å². The lowest BCUT2D eigenvalue weighted by atomic mass is 9.89. The van der Waals surface area contributed by atoms with E-state index in [1.54, 1.807) is 6.07 Å². The number of nitro benzene ring substituents is 1. The Balaban J connectivity index is 2.20. The molecule has 104 valence electrons. The highest BCUT2D eigenvalue weighted by Gasteiger charge is 2.35. The lowest BCUT2D eigenvalue weighted by Gasteiger charge is -2.25. The summed E-state index contributed by atoms with van der Waals surface area (Å²) in [5.41, 5.74) is 7.31. The second-order valence-corrected chi connectivity index (χ2v) is 6.36. The molecule has 2 unspecified atom stereocenters. The smallest absolute Gasteiger partial charge is 0.283 e. The highest BCUT2D eigenvalue weighted by atomic mass is 79.9. The molecular formula is C14H19BrN2O2. The number of hydrogen-bond donors (Lipinski definition) is 1. The van der Waals surface area contributed by atoms with Crippen LogP contribution in [0, 0.1) is 16.0 Å². The van der Waals surface area contributed by atoms with Crippen LogP contribution in [0.4, 0.5) is 5.69 Å². The quantitative estimate of drug-likeness (QED) is 0.675. The number of rotatable bonds is 4. The molecule has 4 nitrogen and oxygen atoms in total. The zero-order chi connectivity index (χ0) is 14.0. The van der Waals surface area contributed by atoms with E-state index in [1.165, 1.54) is 12.5 Å². The van der Waals surface area contributed by atoms with Gasteiger partial charge in [0.05, 0.1) is 9.40 Å². The van der Waals surface area contributed by atoms with Gasteiger partial charge in [0, 0.05) is 11.6 Å². The monoisotopic (exact) mass is 326 g/mol. The molecule has 0 aromatic heterocycles. The highest BCUT2D eigenvalue weighted by molar-refractivity contribution is 9.10. The van der Waals surface area contributed by atoms with Crippen molar-refractivity contribution in [2.45, 2.75) is 44.6 Å². The molecule has 5 heteroatoms. The van der Waals surface area contributed by atoms with Crippen LogP contribution >= 0.6 is 15.9 Å². The van der Waals surface area contributed by atoms with E-state index in [0.717, 1.165) is 24.8 Å². The van der Waals surface area contributed by atoms with Crippen LogP contribution in [0.5, 0.6) is 0 Å². The number of nitro groups is 1. The Morgan fingerprint density at radius 2 is 2.32 bits per heavy atom. The summed E-state index contributed by atoms with van der Waals surface area (Å²) < 4.78 is 0.574. The van der Waals surface area contributed by atoms with Crippen molar-refractivity contribution in [2.24, 2.45) is 11.7 Å². The average Bonchev–Trinajstić information content (AvgIpc) is 2.73. The van der Waals surface area contributed by atoms with Crippen molar-refractivity contribution >= 4 is 21.6 Å². The minimum atomic E-state index is -0.361. The number of nitrogens with zero attached hydrogens (tertiary/aromatic N) is 1. The minimum absolute atomic E-state index is 0.117. The molecule has 1 fully saturated rings. The summed E-state index contributed by atoms with van der Waals surface area (Å²) in [6.07, 6.45) is 5.04. The van der Waals surface area contributed by atoms with E-state index in [1.807, 2.05) is 6.07 Å². The van der Waals surface area contributed by atoms with E-state index < -0.39 is 0 Å². The van der Waals surface area contributed by atoms with Gasteiger partial charge in [0.15, 0.2) is 0 Å². The molecule has 1 aliphatic carbocycles. The van der Waals surface area contributed by atoms with Crippen molar-refractivity contribution in [3.8, 4) is 0 Å².